The first-order valence-corrected chi connectivity index (χ1v) is 10.4. The smallest absolute Gasteiger partial charge is 0.289 e. The minimum atomic E-state index is -0.0348. The number of furan rings is 1. The highest BCUT2D eigenvalue weighted by Gasteiger charge is 2.26. The summed E-state index contributed by atoms with van der Waals surface area (Å²) in [6.45, 7) is 14.0. The second-order valence-corrected chi connectivity index (χ2v) is 7.50. The van der Waals surface area contributed by atoms with Crippen molar-refractivity contribution in [2.24, 2.45) is 4.99 Å². The van der Waals surface area contributed by atoms with Crippen LogP contribution in [0.2, 0.25) is 0 Å². The summed E-state index contributed by atoms with van der Waals surface area (Å²) in [5.74, 6) is 1.30. The van der Waals surface area contributed by atoms with Gasteiger partial charge in [-0.2, -0.15) is 0 Å². The van der Waals surface area contributed by atoms with Crippen molar-refractivity contribution in [3.8, 4) is 0 Å². The molecule has 1 aromatic heterocycles. The van der Waals surface area contributed by atoms with E-state index in [0.717, 1.165) is 58.3 Å². The lowest BCUT2D eigenvalue weighted by Crippen LogP contribution is -2.56. The van der Waals surface area contributed by atoms with E-state index in [9.17, 15) is 4.79 Å². The van der Waals surface area contributed by atoms with Crippen LogP contribution in [0.15, 0.2) is 27.8 Å². The SMILES string of the molecule is CCN1CCN(C(C)CNC(=NC)N2CCN(C(=O)c3ccco3)CC2)CC1. The highest BCUT2D eigenvalue weighted by atomic mass is 16.3. The van der Waals surface area contributed by atoms with E-state index in [-0.39, 0.29) is 5.91 Å². The Morgan fingerprint density at radius 2 is 1.82 bits per heavy atom. The lowest BCUT2D eigenvalue weighted by molar-refractivity contribution is 0.0657. The maximum absolute atomic E-state index is 12.4. The van der Waals surface area contributed by atoms with Crippen LogP contribution in [0.4, 0.5) is 0 Å². The first-order chi connectivity index (χ1) is 13.6. The van der Waals surface area contributed by atoms with E-state index < -0.39 is 0 Å². The normalized spacial score (nSPS) is 21.0. The first-order valence-electron chi connectivity index (χ1n) is 10.4. The van der Waals surface area contributed by atoms with Crippen LogP contribution in [-0.4, -0.2) is 110 Å². The zero-order valence-electron chi connectivity index (χ0n) is 17.4. The van der Waals surface area contributed by atoms with Crippen molar-refractivity contribution in [2.45, 2.75) is 19.9 Å². The summed E-state index contributed by atoms with van der Waals surface area (Å²) >= 11 is 0. The number of amides is 1. The van der Waals surface area contributed by atoms with Crippen molar-refractivity contribution in [2.75, 3.05) is 72.5 Å². The Balaban J connectivity index is 1.43. The maximum atomic E-state index is 12.4. The van der Waals surface area contributed by atoms with Crippen LogP contribution >= 0.6 is 0 Å². The number of rotatable bonds is 5. The van der Waals surface area contributed by atoms with Crippen molar-refractivity contribution in [3.05, 3.63) is 24.2 Å². The van der Waals surface area contributed by atoms with Gasteiger partial charge in [0.1, 0.15) is 0 Å². The molecule has 3 rings (SSSR count). The Morgan fingerprint density at radius 1 is 1.14 bits per heavy atom. The molecule has 1 N–H and O–H groups in total. The number of nitrogens with zero attached hydrogens (tertiary/aromatic N) is 5. The Morgan fingerprint density at radius 3 is 2.39 bits per heavy atom. The van der Waals surface area contributed by atoms with Crippen LogP contribution in [0, 0.1) is 0 Å². The summed E-state index contributed by atoms with van der Waals surface area (Å²) in [5.41, 5.74) is 0. The van der Waals surface area contributed by atoms with Gasteiger partial charge in [-0.1, -0.05) is 6.92 Å². The lowest BCUT2D eigenvalue weighted by atomic mass is 10.2. The highest BCUT2D eigenvalue weighted by molar-refractivity contribution is 5.91. The zero-order valence-corrected chi connectivity index (χ0v) is 17.4. The quantitative estimate of drug-likeness (QED) is 0.588. The number of likely N-dealkylation sites (N-methyl/N-ethyl adjacent to an activating group) is 1. The van der Waals surface area contributed by atoms with Crippen LogP contribution in [-0.2, 0) is 0 Å². The van der Waals surface area contributed by atoms with Crippen molar-refractivity contribution in [1.82, 2.24) is 24.9 Å². The Hall–Kier alpha value is -2.06. The standard InChI is InChI=1S/C20H34N6O2/c1-4-23-7-9-24(10-8-23)17(2)16-22-20(21-3)26-13-11-25(12-14-26)19(27)18-6-5-15-28-18/h5-6,15,17H,4,7-14,16H2,1-3H3,(H,21,22). The highest BCUT2D eigenvalue weighted by Crippen LogP contribution is 2.10. The third-order valence-corrected chi connectivity index (χ3v) is 5.84. The van der Waals surface area contributed by atoms with Gasteiger partial charge in [-0.05, 0) is 25.6 Å². The molecule has 2 fully saturated rings. The van der Waals surface area contributed by atoms with Gasteiger partial charge in [0, 0.05) is 72.0 Å². The van der Waals surface area contributed by atoms with Crippen molar-refractivity contribution in [3.63, 3.8) is 0 Å². The maximum Gasteiger partial charge on any atom is 0.289 e. The van der Waals surface area contributed by atoms with Gasteiger partial charge in [0.25, 0.3) is 5.91 Å². The summed E-state index contributed by atoms with van der Waals surface area (Å²) in [7, 11) is 1.83. The summed E-state index contributed by atoms with van der Waals surface area (Å²) in [6.07, 6.45) is 1.54. The fraction of sp³-hybridized carbons (Fsp3) is 0.700. The second kappa shape index (κ2) is 9.93. The topological polar surface area (TPSA) is 67.6 Å². The number of nitrogens with one attached hydrogen (secondary N) is 1. The number of guanidine groups is 1. The third-order valence-electron chi connectivity index (χ3n) is 5.84. The van der Waals surface area contributed by atoms with Crippen molar-refractivity contribution < 1.29 is 9.21 Å². The van der Waals surface area contributed by atoms with Gasteiger partial charge in [0.05, 0.1) is 6.26 Å². The van der Waals surface area contributed by atoms with E-state index >= 15 is 0 Å². The van der Waals surface area contributed by atoms with E-state index in [1.165, 1.54) is 0 Å². The largest absolute Gasteiger partial charge is 0.459 e. The van der Waals surface area contributed by atoms with Gasteiger partial charge in [0.15, 0.2) is 11.7 Å². The number of carbonyl (C=O) groups is 1. The van der Waals surface area contributed by atoms with E-state index in [1.807, 2.05) is 11.9 Å². The molecular formula is C20H34N6O2. The minimum Gasteiger partial charge on any atom is -0.459 e. The van der Waals surface area contributed by atoms with Crippen LogP contribution in [0.25, 0.3) is 0 Å². The number of carbonyl (C=O) groups excluding carboxylic acids is 1. The molecule has 1 aromatic rings. The molecule has 0 radical (unpaired) electrons. The molecule has 0 bridgehead atoms. The van der Waals surface area contributed by atoms with Crippen LogP contribution in [0.1, 0.15) is 24.4 Å². The summed E-state index contributed by atoms with van der Waals surface area (Å²) in [4.78, 5) is 26.0. The third kappa shape index (κ3) is 5.05. The second-order valence-electron chi connectivity index (χ2n) is 7.50. The number of hydrogen-bond donors (Lipinski definition) is 1. The molecule has 0 saturated carbocycles. The first kappa shape index (κ1) is 20.7. The molecule has 2 saturated heterocycles. The van der Waals surface area contributed by atoms with Gasteiger partial charge in [-0.15, -0.1) is 0 Å². The predicted octanol–water partition coefficient (Wildman–Crippen LogP) is 0.639. The molecule has 3 heterocycles. The number of piperazine rings is 2. The average molecular weight is 391 g/mol. The molecule has 1 atom stereocenters. The molecule has 1 amide bonds. The summed E-state index contributed by atoms with van der Waals surface area (Å²) < 4.78 is 5.23. The molecule has 0 aromatic carbocycles. The van der Waals surface area contributed by atoms with Gasteiger partial charge in [-0.25, -0.2) is 0 Å². The molecule has 8 nitrogen and oxygen atoms in total. The fourth-order valence-electron chi connectivity index (χ4n) is 3.90. The van der Waals surface area contributed by atoms with Gasteiger partial charge < -0.3 is 24.4 Å². The number of hydrogen-bond acceptors (Lipinski definition) is 5. The molecule has 0 spiro atoms. The van der Waals surface area contributed by atoms with Crippen LogP contribution < -0.4 is 5.32 Å². The van der Waals surface area contributed by atoms with Gasteiger partial charge >= 0.3 is 0 Å². The van der Waals surface area contributed by atoms with Crippen LogP contribution in [0.3, 0.4) is 0 Å². The van der Waals surface area contributed by atoms with Crippen molar-refractivity contribution in [1.29, 1.82) is 0 Å². The zero-order chi connectivity index (χ0) is 19.9. The van der Waals surface area contributed by atoms with Crippen LogP contribution in [0.5, 0.6) is 0 Å². The van der Waals surface area contributed by atoms with Gasteiger partial charge in [0.2, 0.25) is 0 Å². The molecule has 8 heteroatoms. The van der Waals surface area contributed by atoms with E-state index in [4.69, 9.17) is 4.42 Å². The van der Waals surface area contributed by atoms with Gasteiger partial charge in [-0.3, -0.25) is 14.7 Å². The summed E-state index contributed by atoms with van der Waals surface area (Å²) in [5, 5.41) is 3.53. The monoisotopic (exact) mass is 390 g/mol. The molecule has 156 valence electrons. The van der Waals surface area contributed by atoms with E-state index in [2.05, 4.69) is 38.9 Å². The lowest BCUT2D eigenvalue weighted by Gasteiger charge is -2.39. The molecule has 2 aliphatic rings. The molecule has 0 aliphatic carbocycles. The summed E-state index contributed by atoms with van der Waals surface area (Å²) in [6, 6.07) is 3.94. The number of aliphatic imine (C=N–C) groups is 1. The van der Waals surface area contributed by atoms with E-state index in [1.54, 1.807) is 18.4 Å². The Bertz CT molecular complexity index is 631. The molecule has 1 unspecified atom stereocenters. The predicted molar refractivity (Wildman–Crippen MR) is 111 cm³/mol. The Kier molecular flexibility index (Phi) is 7.33. The molecular weight excluding hydrogens is 356 g/mol. The molecule has 28 heavy (non-hydrogen) atoms. The Labute approximate surface area is 168 Å². The fourth-order valence-corrected chi connectivity index (χ4v) is 3.90. The molecule has 2 aliphatic heterocycles. The van der Waals surface area contributed by atoms with E-state index in [0.29, 0.717) is 24.9 Å². The minimum absolute atomic E-state index is 0.0348. The average Bonchev–Trinajstić information content (AvgIpc) is 3.29. The van der Waals surface area contributed by atoms with Crippen molar-refractivity contribution >= 4 is 11.9 Å².